The molecular formula is C25H22F2N2O3. The van der Waals surface area contributed by atoms with Gasteiger partial charge in [-0.2, -0.15) is 0 Å². The lowest BCUT2D eigenvalue weighted by atomic mass is 10.1. The maximum atomic E-state index is 12.6. The van der Waals surface area contributed by atoms with E-state index in [4.69, 9.17) is 14.2 Å². The SMILES string of the molecule is COc1ccc(-n2nc(OCC(F)F)cc2-c2ccc(OCc3ccccc3)cc2)cc1. The third-order valence-electron chi connectivity index (χ3n) is 4.76. The second-order valence-corrected chi connectivity index (χ2v) is 6.98. The van der Waals surface area contributed by atoms with E-state index >= 15 is 0 Å². The van der Waals surface area contributed by atoms with Crippen LogP contribution in [0.1, 0.15) is 5.56 Å². The number of hydrogen-bond donors (Lipinski definition) is 0. The molecule has 0 saturated heterocycles. The van der Waals surface area contributed by atoms with Gasteiger partial charge in [-0.05, 0) is 54.1 Å². The van der Waals surface area contributed by atoms with E-state index in [0.717, 1.165) is 22.6 Å². The lowest BCUT2D eigenvalue weighted by Crippen LogP contribution is -2.07. The summed E-state index contributed by atoms with van der Waals surface area (Å²) < 4.78 is 43.1. The Bertz CT molecular complexity index is 1130. The van der Waals surface area contributed by atoms with E-state index in [-0.39, 0.29) is 5.88 Å². The molecule has 7 heteroatoms. The predicted molar refractivity (Wildman–Crippen MR) is 118 cm³/mol. The molecule has 0 aliphatic heterocycles. The molecule has 0 amide bonds. The van der Waals surface area contributed by atoms with Crippen LogP contribution in [-0.2, 0) is 6.61 Å². The van der Waals surface area contributed by atoms with E-state index in [2.05, 4.69) is 5.10 Å². The number of rotatable bonds is 9. The monoisotopic (exact) mass is 436 g/mol. The highest BCUT2D eigenvalue weighted by Gasteiger charge is 2.15. The van der Waals surface area contributed by atoms with Crippen LogP contribution in [0.3, 0.4) is 0 Å². The van der Waals surface area contributed by atoms with Crippen LogP contribution >= 0.6 is 0 Å². The van der Waals surface area contributed by atoms with Crippen LogP contribution in [0.2, 0.25) is 0 Å². The largest absolute Gasteiger partial charge is 0.497 e. The van der Waals surface area contributed by atoms with Gasteiger partial charge in [0.1, 0.15) is 18.1 Å². The number of aromatic nitrogens is 2. The summed E-state index contributed by atoms with van der Waals surface area (Å²) in [6.07, 6.45) is -2.58. The van der Waals surface area contributed by atoms with Crippen LogP contribution < -0.4 is 14.2 Å². The second kappa shape index (κ2) is 9.96. The van der Waals surface area contributed by atoms with Crippen molar-refractivity contribution < 1.29 is 23.0 Å². The van der Waals surface area contributed by atoms with Gasteiger partial charge in [0, 0.05) is 11.6 Å². The van der Waals surface area contributed by atoms with Crippen molar-refractivity contribution in [2.75, 3.05) is 13.7 Å². The Balaban J connectivity index is 1.58. The van der Waals surface area contributed by atoms with Gasteiger partial charge < -0.3 is 14.2 Å². The first-order chi connectivity index (χ1) is 15.6. The Morgan fingerprint density at radius 3 is 2.19 bits per heavy atom. The molecule has 0 radical (unpaired) electrons. The second-order valence-electron chi connectivity index (χ2n) is 6.98. The van der Waals surface area contributed by atoms with E-state index < -0.39 is 13.0 Å². The number of hydrogen-bond acceptors (Lipinski definition) is 4. The molecule has 0 fully saturated rings. The third kappa shape index (κ3) is 5.24. The van der Waals surface area contributed by atoms with Crippen LogP contribution in [0.25, 0.3) is 16.9 Å². The summed E-state index contributed by atoms with van der Waals surface area (Å²) in [5, 5.41) is 4.37. The molecule has 4 aromatic rings. The maximum Gasteiger partial charge on any atom is 0.272 e. The number of nitrogens with zero attached hydrogens (tertiary/aromatic N) is 2. The van der Waals surface area contributed by atoms with Crippen LogP contribution in [-0.4, -0.2) is 29.9 Å². The van der Waals surface area contributed by atoms with Crippen molar-refractivity contribution in [3.63, 3.8) is 0 Å². The predicted octanol–water partition coefficient (Wildman–Crippen LogP) is 5.77. The average Bonchev–Trinajstić information content (AvgIpc) is 3.27. The van der Waals surface area contributed by atoms with Crippen LogP contribution in [0, 0.1) is 0 Å². The van der Waals surface area contributed by atoms with Gasteiger partial charge in [-0.3, -0.25) is 0 Å². The highest BCUT2D eigenvalue weighted by Crippen LogP contribution is 2.29. The summed E-state index contributed by atoms with van der Waals surface area (Å²) in [7, 11) is 1.59. The molecule has 0 spiro atoms. The molecule has 1 heterocycles. The highest BCUT2D eigenvalue weighted by atomic mass is 19.3. The molecule has 4 rings (SSSR count). The van der Waals surface area contributed by atoms with Crippen molar-refractivity contribution >= 4 is 0 Å². The standard InChI is InChI=1S/C25H22F2N2O3/c1-30-21-13-9-20(10-14-21)29-23(15-25(28-29)32-17-24(26)27)19-7-11-22(12-8-19)31-16-18-5-3-2-4-6-18/h2-15,24H,16-17H2,1H3. The lowest BCUT2D eigenvalue weighted by Gasteiger charge is -2.10. The van der Waals surface area contributed by atoms with Crippen molar-refractivity contribution in [2.24, 2.45) is 0 Å². The maximum absolute atomic E-state index is 12.6. The molecule has 0 unspecified atom stereocenters. The molecular weight excluding hydrogens is 414 g/mol. The number of ether oxygens (including phenoxy) is 3. The fraction of sp³-hybridized carbons (Fsp3) is 0.160. The Hall–Kier alpha value is -3.87. The zero-order chi connectivity index (χ0) is 22.3. The average molecular weight is 436 g/mol. The highest BCUT2D eigenvalue weighted by molar-refractivity contribution is 5.64. The van der Waals surface area contributed by atoms with Crippen molar-refractivity contribution in [3.05, 3.63) is 90.5 Å². The molecule has 1 aromatic heterocycles. The molecule has 0 saturated carbocycles. The molecule has 32 heavy (non-hydrogen) atoms. The lowest BCUT2D eigenvalue weighted by molar-refractivity contribution is 0.0794. The van der Waals surface area contributed by atoms with Gasteiger partial charge in [0.15, 0.2) is 6.61 Å². The fourth-order valence-electron chi connectivity index (χ4n) is 3.17. The fourth-order valence-corrected chi connectivity index (χ4v) is 3.17. The van der Waals surface area contributed by atoms with Gasteiger partial charge in [-0.15, -0.1) is 5.10 Å². The summed E-state index contributed by atoms with van der Waals surface area (Å²) in [5.41, 5.74) is 3.37. The Labute approximate surface area is 184 Å². The number of methoxy groups -OCH3 is 1. The molecule has 0 aliphatic rings. The van der Waals surface area contributed by atoms with E-state index in [1.54, 1.807) is 30.0 Å². The van der Waals surface area contributed by atoms with Crippen LogP contribution in [0.4, 0.5) is 8.78 Å². The molecule has 164 valence electrons. The smallest absolute Gasteiger partial charge is 0.272 e. The molecule has 3 aromatic carbocycles. The minimum atomic E-state index is -2.58. The van der Waals surface area contributed by atoms with Crippen molar-refractivity contribution in [3.8, 4) is 34.3 Å². The molecule has 0 aliphatic carbocycles. The van der Waals surface area contributed by atoms with Crippen LogP contribution in [0.5, 0.6) is 17.4 Å². The van der Waals surface area contributed by atoms with Crippen molar-refractivity contribution in [1.29, 1.82) is 0 Å². The first-order valence-electron chi connectivity index (χ1n) is 10.0. The van der Waals surface area contributed by atoms with E-state index in [0.29, 0.717) is 18.1 Å². The van der Waals surface area contributed by atoms with Gasteiger partial charge >= 0.3 is 0 Å². The first kappa shape index (κ1) is 21.4. The Kier molecular flexibility index (Phi) is 6.65. The summed E-state index contributed by atoms with van der Waals surface area (Å²) in [6.45, 7) is -0.249. The summed E-state index contributed by atoms with van der Waals surface area (Å²) in [4.78, 5) is 0. The minimum absolute atomic E-state index is 0.125. The van der Waals surface area contributed by atoms with E-state index in [9.17, 15) is 8.78 Å². The molecule has 0 atom stereocenters. The number of alkyl halides is 2. The topological polar surface area (TPSA) is 45.5 Å². The quantitative estimate of drug-likeness (QED) is 0.334. The van der Waals surface area contributed by atoms with Crippen molar-refractivity contribution in [1.82, 2.24) is 9.78 Å². The summed E-state index contributed by atoms with van der Waals surface area (Å²) in [5.74, 6) is 1.55. The van der Waals surface area contributed by atoms with Gasteiger partial charge in [0.05, 0.1) is 18.5 Å². The first-order valence-corrected chi connectivity index (χ1v) is 10.0. The Morgan fingerprint density at radius 2 is 1.53 bits per heavy atom. The number of halogens is 2. The zero-order valence-corrected chi connectivity index (χ0v) is 17.4. The summed E-state index contributed by atoms with van der Waals surface area (Å²) >= 11 is 0. The Morgan fingerprint density at radius 1 is 0.844 bits per heavy atom. The van der Waals surface area contributed by atoms with Gasteiger partial charge in [0.25, 0.3) is 6.43 Å². The van der Waals surface area contributed by atoms with E-state index in [1.807, 2.05) is 66.7 Å². The third-order valence-corrected chi connectivity index (χ3v) is 4.76. The molecule has 5 nitrogen and oxygen atoms in total. The normalized spacial score (nSPS) is 10.9. The minimum Gasteiger partial charge on any atom is -0.497 e. The summed E-state index contributed by atoms with van der Waals surface area (Å²) in [6, 6.07) is 26.4. The van der Waals surface area contributed by atoms with Crippen molar-refractivity contribution in [2.45, 2.75) is 13.0 Å². The number of benzene rings is 3. The van der Waals surface area contributed by atoms with E-state index in [1.165, 1.54) is 0 Å². The molecule has 0 N–H and O–H groups in total. The zero-order valence-electron chi connectivity index (χ0n) is 17.4. The molecule has 0 bridgehead atoms. The van der Waals surface area contributed by atoms with Gasteiger partial charge in [-0.1, -0.05) is 30.3 Å². The van der Waals surface area contributed by atoms with Crippen LogP contribution in [0.15, 0.2) is 84.9 Å². The van der Waals surface area contributed by atoms with Gasteiger partial charge in [0.2, 0.25) is 5.88 Å². The van der Waals surface area contributed by atoms with Gasteiger partial charge in [-0.25, -0.2) is 13.5 Å².